The van der Waals surface area contributed by atoms with Crippen molar-refractivity contribution in [3.63, 3.8) is 0 Å². The van der Waals surface area contributed by atoms with Gasteiger partial charge >= 0.3 is 0 Å². The number of nitriles is 1. The minimum absolute atomic E-state index is 0.664. The average Bonchev–Trinajstić information content (AvgIpc) is 2.36. The van der Waals surface area contributed by atoms with Crippen molar-refractivity contribution in [3.8, 4) is 17.6 Å². The van der Waals surface area contributed by atoms with Crippen LogP contribution in [0.1, 0.15) is 22.3 Å². The maximum Gasteiger partial charge on any atom is 0.130 e. The molecule has 0 saturated heterocycles. The summed E-state index contributed by atoms with van der Waals surface area (Å²) in [6.07, 6.45) is 0. The van der Waals surface area contributed by atoms with Crippen LogP contribution in [-0.2, 0) is 0 Å². The van der Waals surface area contributed by atoms with Crippen molar-refractivity contribution >= 4 is 5.69 Å². The zero-order valence-corrected chi connectivity index (χ0v) is 11.3. The second kappa shape index (κ2) is 5.03. The number of nitrogens with zero attached hydrogens (tertiary/aromatic N) is 1. The zero-order chi connectivity index (χ0) is 14.0. The molecule has 96 valence electrons. The number of benzene rings is 2. The molecule has 2 N–H and O–H groups in total. The van der Waals surface area contributed by atoms with Crippen LogP contribution in [0.25, 0.3) is 0 Å². The molecule has 0 fully saturated rings. The van der Waals surface area contributed by atoms with Crippen molar-refractivity contribution in [1.82, 2.24) is 0 Å². The number of hydrogen-bond acceptors (Lipinski definition) is 3. The van der Waals surface area contributed by atoms with Crippen molar-refractivity contribution in [2.75, 3.05) is 5.73 Å². The third-order valence-corrected chi connectivity index (χ3v) is 3.11. The molecule has 0 aliphatic heterocycles. The highest BCUT2D eigenvalue weighted by Gasteiger charge is 2.06. The minimum Gasteiger partial charge on any atom is -0.457 e. The first-order chi connectivity index (χ1) is 9.01. The topological polar surface area (TPSA) is 59.0 Å². The van der Waals surface area contributed by atoms with E-state index in [1.807, 2.05) is 39.0 Å². The lowest BCUT2D eigenvalue weighted by Gasteiger charge is -2.12. The highest BCUT2D eigenvalue weighted by Crippen LogP contribution is 2.29. The fourth-order valence-corrected chi connectivity index (χ4v) is 1.87. The summed E-state index contributed by atoms with van der Waals surface area (Å²) in [4.78, 5) is 0. The average molecular weight is 252 g/mol. The Morgan fingerprint density at radius 1 is 1.00 bits per heavy atom. The molecule has 2 aromatic rings. The molecule has 0 aromatic heterocycles. The van der Waals surface area contributed by atoms with E-state index >= 15 is 0 Å². The quantitative estimate of drug-likeness (QED) is 0.826. The Hall–Kier alpha value is -2.47. The van der Waals surface area contributed by atoms with Gasteiger partial charge in [0, 0.05) is 5.69 Å². The number of anilines is 1. The second-order valence-electron chi connectivity index (χ2n) is 4.66. The summed E-state index contributed by atoms with van der Waals surface area (Å²) >= 11 is 0. The summed E-state index contributed by atoms with van der Waals surface area (Å²) in [6.45, 7) is 5.81. The molecule has 0 saturated carbocycles. The van der Waals surface area contributed by atoms with Gasteiger partial charge in [-0.25, -0.2) is 0 Å². The summed E-state index contributed by atoms with van der Waals surface area (Å²) in [5.74, 6) is 1.51. The molecule has 2 aromatic carbocycles. The summed E-state index contributed by atoms with van der Waals surface area (Å²) in [6, 6.07) is 11.4. The number of rotatable bonds is 2. The monoisotopic (exact) mass is 252 g/mol. The van der Waals surface area contributed by atoms with Gasteiger partial charge in [-0.15, -0.1) is 0 Å². The van der Waals surface area contributed by atoms with E-state index in [0.717, 1.165) is 33.9 Å². The first-order valence-electron chi connectivity index (χ1n) is 6.06. The summed E-state index contributed by atoms with van der Waals surface area (Å²) in [7, 11) is 0. The second-order valence-corrected chi connectivity index (χ2v) is 4.66. The van der Waals surface area contributed by atoms with Crippen molar-refractivity contribution < 1.29 is 4.74 Å². The largest absolute Gasteiger partial charge is 0.457 e. The van der Waals surface area contributed by atoms with E-state index in [2.05, 4.69) is 6.07 Å². The lowest BCUT2D eigenvalue weighted by Crippen LogP contribution is -1.94. The first-order valence-corrected chi connectivity index (χ1v) is 6.06. The smallest absolute Gasteiger partial charge is 0.130 e. The van der Waals surface area contributed by atoms with Gasteiger partial charge in [-0.1, -0.05) is 0 Å². The van der Waals surface area contributed by atoms with E-state index in [1.165, 1.54) is 0 Å². The normalized spacial score (nSPS) is 10.0. The predicted molar refractivity (Wildman–Crippen MR) is 76.3 cm³/mol. The fourth-order valence-electron chi connectivity index (χ4n) is 1.87. The Balaban J connectivity index is 2.34. The van der Waals surface area contributed by atoms with Crippen molar-refractivity contribution in [2.24, 2.45) is 0 Å². The molecule has 3 heteroatoms. The summed E-state index contributed by atoms with van der Waals surface area (Å²) in [5, 5.41) is 8.91. The molecule has 0 radical (unpaired) electrons. The van der Waals surface area contributed by atoms with Gasteiger partial charge in [0.25, 0.3) is 0 Å². The molecule has 0 atom stereocenters. The van der Waals surface area contributed by atoms with E-state index in [0.29, 0.717) is 5.56 Å². The molecule has 0 heterocycles. The molecule has 19 heavy (non-hydrogen) atoms. The van der Waals surface area contributed by atoms with Gasteiger partial charge < -0.3 is 10.5 Å². The lowest BCUT2D eigenvalue weighted by molar-refractivity contribution is 0.478. The SMILES string of the molecule is Cc1cc(Oc2ccc(C#N)c(C)c2)c(C)cc1N. The van der Waals surface area contributed by atoms with Gasteiger partial charge in [-0.3, -0.25) is 0 Å². The highest BCUT2D eigenvalue weighted by atomic mass is 16.5. The molecule has 0 bridgehead atoms. The standard InChI is InChI=1S/C16H16N2O/c1-10-6-14(5-4-13(10)9-17)19-16-8-11(2)15(18)7-12(16)3/h4-8H,18H2,1-3H3. The van der Waals surface area contributed by atoms with Crippen LogP contribution in [0.5, 0.6) is 11.5 Å². The van der Waals surface area contributed by atoms with Gasteiger partial charge in [0.1, 0.15) is 11.5 Å². The van der Waals surface area contributed by atoms with Crippen LogP contribution < -0.4 is 10.5 Å². The Bertz CT molecular complexity index is 669. The Labute approximate surface area is 113 Å². The summed E-state index contributed by atoms with van der Waals surface area (Å²) < 4.78 is 5.86. The van der Waals surface area contributed by atoms with Crippen LogP contribution in [0, 0.1) is 32.1 Å². The molecule has 0 aliphatic carbocycles. The number of hydrogen-bond donors (Lipinski definition) is 1. The van der Waals surface area contributed by atoms with Crippen LogP contribution in [0.4, 0.5) is 5.69 Å². The number of ether oxygens (including phenoxy) is 1. The maximum absolute atomic E-state index is 8.91. The van der Waals surface area contributed by atoms with Crippen LogP contribution in [0.15, 0.2) is 30.3 Å². The molecule has 2 rings (SSSR count). The lowest BCUT2D eigenvalue weighted by atomic mass is 10.1. The van der Waals surface area contributed by atoms with Crippen LogP contribution in [-0.4, -0.2) is 0 Å². The Morgan fingerprint density at radius 3 is 2.37 bits per heavy atom. The maximum atomic E-state index is 8.91. The zero-order valence-electron chi connectivity index (χ0n) is 11.3. The molecule has 3 nitrogen and oxygen atoms in total. The van der Waals surface area contributed by atoms with E-state index < -0.39 is 0 Å². The van der Waals surface area contributed by atoms with Crippen molar-refractivity contribution in [3.05, 3.63) is 52.6 Å². The Morgan fingerprint density at radius 2 is 1.74 bits per heavy atom. The van der Waals surface area contributed by atoms with Crippen LogP contribution in [0.2, 0.25) is 0 Å². The van der Waals surface area contributed by atoms with Gasteiger partial charge in [-0.2, -0.15) is 5.26 Å². The number of nitrogens with two attached hydrogens (primary N) is 1. The molecule has 0 aliphatic rings. The number of aryl methyl sites for hydroxylation is 3. The molecule has 0 spiro atoms. The van der Waals surface area contributed by atoms with E-state index in [9.17, 15) is 0 Å². The van der Waals surface area contributed by atoms with Crippen LogP contribution >= 0.6 is 0 Å². The minimum atomic E-state index is 0.664. The van der Waals surface area contributed by atoms with Gasteiger partial charge in [0.2, 0.25) is 0 Å². The molecule has 0 amide bonds. The van der Waals surface area contributed by atoms with Gasteiger partial charge in [0.15, 0.2) is 0 Å². The molecular formula is C16H16N2O. The van der Waals surface area contributed by atoms with Crippen molar-refractivity contribution in [2.45, 2.75) is 20.8 Å². The van der Waals surface area contributed by atoms with Gasteiger partial charge in [0.05, 0.1) is 11.6 Å². The molecular weight excluding hydrogens is 236 g/mol. The third kappa shape index (κ3) is 2.69. The summed E-state index contributed by atoms with van der Waals surface area (Å²) in [5.41, 5.74) is 10.2. The molecule has 0 unspecified atom stereocenters. The Kier molecular flexibility index (Phi) is 3.43. The van der Waals surface area contributed by atoms with E-state index in [4.69, 9.17) is 15.7 Å². The third-order valence-electron chi connectivity index (χ3n) is 3.11. The van der Waals surface area contributed by atoms with Crippen molar-refractivity contribution in [1.29, 1.82) is 5.26 Å². The predicted octanol–water partition coefficient (Wildman–Crippen LogP) is 3.86. The fraction of sp³-hybridized carbons (Fsp3) is 0.188. The number of nitrogen functional groups attached to an aromatic ring is 1. The van der Waals surface area contributed by atoms with E-state index in [-0.39, 0.29) is 0 Å². The van der Waals surface area contributed by atoms with Crippen LogP contribution in [0.3, 0.4) is 0 Å². The first kappa shape index (κ1) is 13.0. The highest BCUT2D eigenvalue weighted by molar-refractivity contribution is 5.54. The van der Waals surface area contributed by atoms with E-state index in [1.54, 1.807) is 12.1 Å². The van der Waals surface area contributed by atoms with Gasteiger partial charge in [-0.05, 0) is 67.8 Å².